The topological polar surface area (TPSA) is 39.7 Å². The molecule has 1 heterocycles. The molecular formula is C4H8N2. The minimum atomic E-state index is 1.03. The summed E-state index contributed by atoms with van der Waals surface area (Å²) >= 11 is 0. The predicted molar refractivity (Wildman–Crippen MR) is 22.0 cm³/mol. The summed E-state index contributed by atoms with van der Waals surface area (Å²) in [6, 6.07) is 1.09. The van der Waals surface area contributed by atoms with Crippen LogP contribution in [0, 0.1) is 12.6 Å². The van der Waals surface area contributed by atoms with Gasteiger partial charge in [-0.3, -0.25) is 0 Å². The zero-order valence-electron chi connectivity index (χ0n) is 3.62. The van der Waals surface area contributed by atoms with Crippen LogP contribution in [0.4, 0.5) is 0 Å². The van der Waals surface area contributed by atoms with Crippen LogP contribution in [0.2, 0.25) is 0 Å². The van der Waals surface area contributed by atoms with Crippen molar-refractivity contribution in [1.82, 2.24) is 5.32 Å². The Morgan fingerprint density at radius 3 is 2.83 bits per heavy atom. The second-order valence-electron chi connectivity index (χ2n) is 1.41. The maximum atomic E-state index is 3.68. The second kappa shape index (κ2) is 1.58. The molecule has 6 heavy (non-hydrogen) atoms. The van der Waals surface area contributed by atoms with Crippen molar-refractivity contribution >= 4 is 0 Å². The average molecular weight is 84.1 g/mol. The molecule has 2 radical (unpaired) electrons. The van der Waals surface area contributed by atoms with Gasteiger partial charge in [0.2, 0.25) is 0 Å². The highest BCUT2D eigenvalue weighted by atomic mass is 14.9. The van der Waals surface area contributed by atoms with Gasteiger partial charge in [0.05, 0.1) is 0 Å². The molecule has 0 aromatic carbocycles. The van der Waals surface area contributed by atoms with Gasteiger partial charge in [0, 0.05) is 0 Å². The van der Waals surface area contributed by atoms with E-state index in [4.69, 9.17) is 0 Å². The van der Waals surface area contributed by atoms with E-state index < -0.39 is 0 Å². The van der Waals surface area contributed by atoms with Crippen LogP contribution in [0.15, 0.2) is 0 Å². The van der Waals surface area contributed by atoms with Crippen LogP contribution in [0.1, 0.15) is 6.42 Å². The molecule has 0 bridgehead atoms. The minimum Gasteiger partial charge on any atom is -0.484 e. The van der Waals surface area contributed by atoms with Gasteiger partial charge in [-0.05, 0) is 6.54 Å². The monoisotopic (exact) mass is 84.1 g/mol. The first kappa shape index (κ1) is 4.09. The van der Waals surface area contributed by atoms with E-state index in [0.29, 0.717) is 0 Å². The number of quaternary nitrogens is 1. The lowest BCUT2D eigenvalue weighted by atomic mass is 10.3. The van der Waals surface area contributed by atoms with Crippen LogP contribution in [-0.2, 0) is 0 Å². The second-order valence-corrected chi connectivity index (χ2v) is 1.41. The van der Waals surface area contributed by atoms with Crippen molar-refractivity contribution in [1.29, 1.82) is 0 Å². The van der Waals surface area contributed by atoms with E-state index in [1.807, 2.05) is 0 Å². The van der Waals surface area contributed by atoms with Crippen molar-refractivity contribution in [2.75, 3.05) is 6.54 Å². The Balaban J connectivity index is 2.18. The summed E-state index contributed by atoms with van der Waals surface area (Å²) in [5.74, 6) is 0. The standard InChI is InChI=1S/C4H8N2/c5-4-1-2-6-3-4/h6H,1-2H2,5H3. The van der Waals surface area contributed by atoms with Crippen molar-refractivity contribution in [2.45, 2.75) is 6.42 Å². The predicted octanol–water partition coefficient (Wildman–Crippen LogP) is -1.21. The molecular weight excluding hydrogens is 76.1 g/mol. The fourth-order valence-electron chi connectivity index (χ4n) is 0.463. The molecule has 1 fully saturated rings. The molecule has 0 unspecified atom stereocenters. The van der Waals surface area contributed by atoms with E-state index in [1.54, 1.807) is 0 Å². The highest BCUT2D eigenvalue weighted by Gasteiger charge is 1.98. The molecule has 1 aliphatic rings. The number of nitrogens with one attached hydrogen (secondary N) is 1. The average Bonchev–Trinajstić information content (AvgIpc) is 1.86. The molecule has 1 saturated heterocycles. The van der Waals surface area contributed by atoms with Crippen LogP contribution >= 0.6 is 0 Å². The number of rotatable bonds is 0. The molecule has 0 spiro atoms. The lowest BCUT2D eigenvalue weighted by Gasteiger charge is -2.02. The van der Waals surface area contributed by atoms with Crippen molar-refractivity contribution in [2.24, 2.45) is 0 Å². The summed E-state index contributed by atoms with van der Waals surface area (Å²) in [4.78, 5) is 0. The van der Waals surface area contributed by atoms with Gasteiger partial charge >= 0.3 is 0 Å². The van der Waals surface area contributed by atoms with Crippen LogP contribution in [0.25, 0.3) is 0 Å². The Kier molecular flexibility index (Phi) is 1.08. The summed E-state index contributed by atoms with van der Waals surface area (Å²) in [7, 11) is 0. The molecule has 4 N–H and O–H groups in total. The molecule has 0 aromatic heterocycles. The maximum Gasteiger partial charge on any atom is -0.0292 e. The van der Waals surface area contributed by atoms with Crippen LogP contribution in [0.5, 0.6) is 0 Å². The fourth-order valence-corrected chi connectivity index (χ4v) is 0.463. The largest absolute Gasteiger partial charge is 0.484 e. The van der Waals surface area contributed by atoms with Crippen LogP contribution < -0.4 is 11.1 Å². The van der Waals surface area contributed by atoms with E-state index in [1.165, 1.54) is 0 Å². The van der Waals surface area contributed by atoms with Gasteiger partial charge in [0.25, 0.3) is 0 Å². The van der Waals surface area contributed by atoms with Gasteiger partial charge in [0.1, 0.15) is 0 Å². The highest BCUT2D eigenvalue weighted by Crippen LogP contribution is 2.01. The fraction of sp³-hybridized carbons (Fsp3) is 0.500. The first-order chi connectivity index (χ1) is 2.89. The summed E-state index contributed by atoms with van der Waals surface area (Å²) in [6.45, 7) is 3.90. The lowest BCUT2D eigenvalue weighted by Crippen LogP contribution is -2.53. The van der Waals surface area contributed by atoms with E-state index >= 15 is 0 Å². The third-order valence-electron chi connectivity index (χ3n) is 0.817. The third-order valence-corrected chi connectivity index (χ3v) is 0.817. The van der Waals surface area contributed by atoms with Crippen molar-refractivity contribution in [3.05, 3.63) is 12.6 Å². The number of hydrogen-bond acceptors (Lipinski definition) is 1. The van der Waals surface area contributed by atoms with E-state index in [0.717, 1.165) is 19.0 Å². The molecule has 0 atom stereocenters. The van der Waals surface area contributed by atoms with Crippen molar-refractivity contribution < 1.29 is 5.73 Å². The van der Waals surface area contributed by atoms with Gasteiger partial charge in [0.15, 0.2) is 0 Å². The van der Waals surface area contributed by atoms with Crippen LogP contribution in [0.3, 0.4) is 0 Å². The molecule has 1 rings (SSSR count). The molecule has 2 heteroatoms. The minimum absolute atomic E-state index is 1.03. The van der Waals surface area contributed by atoms with Gasteiger partial charge in [-0.1, -0.05) is 6.54 Å². The Labute approximate surface area is 37.7 Å². The van der Waals surface area contributed by atoms with E-state index in [-0.39, 0.29) is 0 Å². The van der Waals surface area contributed by atoms with Gasteiger partial charge < -0.3 is 11.1 Å². The third kappa shape index (κ3) is 0.698. The molecule has 2 nitrogen and oxygen atoms in total. The summed E-state index contributed by atoms with van der Waals surface area (Å²) < 4.78 is 0. The number of hydrogen-bond donors (Lipinski definition) is 2. The Bertz CT molecular complexity index is 38.8. The first-order valence-electron chi connectivity index (χ1n) is 2.06. The zero-order chi connectivity index (χ0) is 4.41. The maximum absolute atomic E-state index is 3.68. The van der Waals surface area contributed by atoms with E-state index in [2.05, 4.69) is 17.6 Å². The van der Waals surface area contributed by atoms with Gasteiger partial charge in [-0.25, -0.2) is 0 Å². The smallest absolute Gasteiger partial charge is 0.0292 e. The Morgan fingerprint density at radius 2 is 2.67 bits per heavy atom. The molecule has 0 amide bonds. The molecule has 34 valence electrons. The van der Waals surface area contributed by atoms with Gasteiger partial charge in [-0.2, -0.15) is 0 Å². The molecule has 0 saturated carbocycles. The summed E-state index contributed by atoms with van der Waals surface area (Å²) in [5.41, 5.74) is 3.68. The lowest BCUT2D eigenvalue weighted by molar-refractivity contribution is -0.344. The van der Waals surface area contributed by atoms with E-state index in [9.17, 15) is 0 Å². The molecule has 1 aliphatic heterocycles. The van der Waals surface area contributed by atoms with Crippen molar-refractivity contribution in [3.63, 3.8) is 0 Å². The Hall–Kier alpha value is -0.0800. The quantitative estimate of drug-likeness (QED) is 0.355. The summed E-state index contributed by atoms with van der Waals surface area (Å²) in [6.07, 6.45) is 1.07. The first-order valence-corrected chi connectivity index (χ1v) is 2.06. The highest BCUT2D eigenvalue weighted by molar-refractivity contribution is 4.95. The SMILES string of the molecule is [NH3+][C-]1[C]NCC1. The molecule has 0 aromatic rings. The Morgan fingerprint density at radius 1 is 1.83 bits per heavy atom. The van der Waals surface area contributed by atoms with Gasteiger partial charge in [-0.15, -0.1) is 12.5 Å². The zero-order valence-corrected chi connectivity index (χ0v) is 3.62. The van der Waals surface area contributed by atoms with Crippen LogP contribution in [-0.4, -0.2) is 6.54 Å². The molecule has 0 aliphatic carbocycles. The normalized spacial score (nSPS) is 25.5. The van der Waals surface area contributed by atoms with Crippen molar-refractivity contribution in [3.8, 4) is 0 Å². The summed E-state index contributed by atoms with van der Waals surface area (Å²) in [5, 5.41) is 2.92.